The molecule has 1 saturated heterocycles. The molecule has 5 amide bonds. The van der Waals surface area contributed by atoms with Crippen LogP contribution in [-0.4, -0.2) is 34.7 Å². The summed E-state index contributed by atoms with van der Waals surface area (Å²) < 4.78 is 0. The summed E-state index contributed by atoms with van der Waals surface area (Å²) in [6.07, 6.45) is 3.03. The Labute approximate surface area is 198 Å². The highest BCUT2D eigenvalue weighted by Gasteiger charge is 2.39. The molecule has 1 unspecified atom stereocenters. The maximum Gasteiger partial charge on any atom is 0.319 e. The van der Waals surface area contributed by atoms with E-state index in [1.165, 1.54) is 23.3 Å². The molecule has 1 atom stereocenters. The molecule has 176 valence electrons. The minimum absolute atomic E-state index is 0.211. The molecular formula is C26H28N4O4. The first kappa shape index (κ1) is 22.1. The van der Waals surface area contributed by atoms with Crippen molar-refractivity contribution in [1.82, 2.24) is 15.5 Å². The SMILES string of the molecule is CC(C)(NC(=O)Nc1ccc2c(c1)CN(C1CCC(=O)NC1=O)C2=O)c1ccc(C2CC2)cc1. The average molecular weight is 461 g/mol. The highest BCUT2D eigenvalue weighted by atomic mass is 16.2. The van der Waals surface area contributed by atoms with Gasteiger partial charge in [0.25, 0.3) is 5.91 Å². The Kier molecular flexibility index (Phi) is 5.38. The topological polar surface area (TPSA) is 108 Å². The Morgan fingerprint density at radius 2 is 1.76 bits per heavy atom. The maximum absolute atomic E-state index is 12.8. The van der Waals surface area contributed by atoms with Gasteiger partial charge in [0, 0.05) is 24.2 Å². The standard InChI is InChI=1S/C26H28N4O4/c1-26(2,18-7-5-16(6-8-18)15-3-4-15)29-25(34)27-19-9-10-20-17(13-19)14-30(24(20)33)21-11-12-22(31)28-23(21)32/h5-10,13,15,21H,3-4,11-12,14H2,1-2H3,(H2,27,29,34)(H,28,31,32). The summed E-state index contributed by atoms with van der Waals surface area (Å²) in [6, 6.07) is 12.5. The highest BCUT2D eigenvalue weighted by molar-refractivity contribution is 6.05. The van der Waals surface area contributed by atoms with Crippen molar-refractivity contribution in [2.24, 2.45) is 0 Å². The van der Waals surface area contributed by atoms with Crippen LogP contribution in [-0.2, 0) is 21.7 Å². The van der Waals surface area contributed by atoms with Crippen LogP contribution in [0.2, 0.25) is 0 Å². The molecule has 1 aliphatic carbocycles. The Morgan fingerprint density at radius 1 is 1.03 bits per heavy atom. The number of hydrogen-bond acceptors (Lipinski definition) is 4. The molecule has 8 nitrogen and oxygen atoms in total. The van der Waals surface area contributed by atoms with Gasteiger partial charge in [-0.2, -0.15) is 0 Å². The van der Waals surface area contributed by atoms with E-state index in [4.69, 9.17) is 0 Å². The number of nitrogens with one attached hydrogen (secondary N) is 3. The van der Waals surface area contributed by atoms with E-state index in [1.807, 2.05) is 13.8 Å². The highest BCUT2D eigenvalue weighted by Crippen LogP contribution is 2.40. The minimum Gasteiger partial charge on any atom is -0.329 e. The number of benzene rings is 2. The molecule has 2 aromatic rings. The first-order valence-electron chi connectivity index (χ1n) is 11.7. The predicted molar refractivity (Wildman–Crippen MR) is 126 cm³/mol. The number of hydrogen-bond donors (Lipinski definition) is 3. The van der Waals surface area contributed by atoms with Gasteiger partial charge in [-0.05, 0) is 73.9 Å². The molecule has 2 aliphatic heterocycles. The van der Waals surface area contributed by atoms with Gasteiger partial charge in [-0.3, -0.25) is 19.7 Å². The second-order valence-corrected chi connectivity index (χ2v) is 9.87. The zero-order valence-corrected chi connectivity index (χ0v) is 19.3. The largest absolute Gasteiger partial charge is 0.329 e. The third-order valence-corrected chi connectivity index (χ3v) is 6.89. The first-order chi connectivity index (χ1) is 16.2. The van der Waals surface area contributed by atoms with E-state index in [1.54, 1.807) is 18.2 Å². The lowest BCUT2D eigenvalue weighted by Gasteiger charge is -2.29. The van der Waals surface area contributed by atoms with Gasteiger partial charge in [0.05, 0.1) is 5.54 Å². The summed E-state index contributed by atoms with van der Waals surface area (Å²) in [5, 5.41) is 8.18. The Morgan fingerprint density at radius 3 is 2.44 bits per heavy atom. The van der Waals surface area contributed by atoms with E-state index in [9.17, 15) is 19.2 Å². The Hall–Kier alpha value is -3.68. The van der Waals surface area contributed by atoms with Gasteiger partial charge in [-0.1, -0.05) is 24.3 Å². The summed E-state index contributed by atoms with van der Waals surface area (Å²) in [7, 11) is 0. The van der Waals surface area contributed by atoms with Gasteiger partial charge in [0.15, 0.2) is 0 Å². The molecule has 2 fully saturated rings. The van der Waals surface area contributed by atoms with Crippen molar-refractivity contribution in [3.8, 4) is 0 Å². The first-order valence-corrected chi connectivity index (χ1v) is 11.7. The van der Waals surface area contributed by atoms with Crippen molar-refractivity contribution in [2.45, 2.75) is 63.6 Å². The molecule has 2 heterocycles. The van der Waals surface area contributed by atoms with Crippen LogP contribution in [0.15, 0.2) is 42.5 Å². The van der Waals surface area contributed by atoms with E-state index in [0.717, 1.165) is 11.1 Å². The normalized spacial score (nSPS) is 20.1. The third-order valence-electron chi connectivity index (χ3n) is 6.89. The number of piperidine rings is 1. The lowest BCUT2D eigenvalue weighted by molar-refractivity contribution is -0.136. The maximum atomic E-state index is 12.8. The molecule has 3 aliphatic rings. The molecule has 0 bridgehead atoms. The lowest BCUT2D eigenvalue weighted by atomic mass is 9.93. The fourth-order valence-corrected chi connectivity index (χ4v) is 4.76. The molecule has 8 heteroatoms. The number of fused-ring (bicyclic) bond motifs is 1. The fourth-order valence-electron chi connectivity index (χ4n) is 4.76. The molecule has 1 saturated carbocycles. The van der Waals surface area contributed by atoms with Gasteiger partial charge in [-0.15, -0.1) is 0 Å². The molecule has 3 N–H and O–H groups in total. The van der Waals surface area contributed by atoms with Crippen molar-refractivity contribution in [3.63, 3.8) is 0 Å². The van der Waals surface area contributed by atoms with Crippen LogP contribution in [0.25, 0.3) is 0 Å². The number of nitrogens with zero attached hydrogens (tertiary/aromatic N) is 1. The number of urea groups is 1. The molecular weight excluding hydrogens is 432 g/mol. The van der Waals surface area contributed by atoms with E-state index in [-0.39, 0.29) is 30.8 Å². The molecule has 5 rings (SSSR count). The third kappa shape index (κ3) is 4.27. The Bertz CT molecular complexity index is 1180. The molecule has 2 aromatic carbocycles. The predicted octanol–water partition coefficient (Wildman–Crippen LogP) is 3.38. The lowest BCUT2D eigenvalue weighted by Crippen LogP contribution is -2.52. The summed E-state index contributed by atoms with van der Waals surface area (Å²) in [5.41, 5.74) is 3.61. The van der Waals surface area contributed by atoms with Crippen molar-refractivity contribution in [2.75, 3.05) is 5.32 Å². The van der Waals surface area contributed by atoms with Crippen LogP contribution in [0, 0.1) is 0 Å². The van der Waals surface area contributed by atoms with Crippen molar-refractivity contribution in [1.29, 1.82) is 0 Å². The molecule has 0 aromatic heterocycles. The van der Waals surface area contributed by atoms with Gasteiger partial charge in [-0.25, -0.2) is 4.79 Å². The van der Waals surface area contributed by atoms with E-state index < -0.39 is 17.5 Å². The zero-order chi connectivity index (χ0) is 24.0. The summed E-state index contributed by atoms with van der Waals surface area (Å²) in [6.45, 7) is 4.17. The van der Waals surface area contributed by atoms with Gasteiger partial charge in [0.2, 0.25) is 11.8 Å². The van der Waals surface area contributed by atoms with Gasteiger partial charge in [0.1, 0.15) is 6.04 Å². The molecule has 0 radical (unpaired) electrons. The van der Waals surface area contributed by atoms with Crippen LogP contribution in [0.1, 0.15) is 72.5 Å². The minimum atomic E-state index is -0.663. The molecule has 0 spiro atoms. The number of imide groups is 1. The van der Waals surface area contributed by atoms with Crippen molar-refractivity contribution >= 4 is 29.4 Å². The van der Waals surface area contributed by atoms with Crippen LogP contribution in [0.5, 0.6) is 0 Å². The smallest absolute Gasteiger partial charge is 0.319 e. The number of carbonyl (C=O) groups is 4. The van der Waals surface area contributed by atoms with E-state index >= 15 is 0 Å². The van der Waals surface area contributed by atoms with Crippen LogP contribution in [0.4, 0.5) is 10.5 Å². The quantitative estimate of drug-likeness (QED) is 0.595. The van der Waals surface area contributed by atoms with Crippen LogP contribution >= 0.6 is 0 Å². The Balaban J connectivity index is 1.24. The van der Waals surface area contributed by atoms with E-state index in [2.05, 4.69) is 40.2 Å². The number of carbonyl (C=O) groups excluding carboxylic acids is 4. The second kappa shape index (κ2) is 8.27. The van der Waals surface area contributed by atoms with Crippen molar-refractivity contribution in [3.05, 3.63) is 64.7 Å². The van der Waals surface area contributed by atoms with Crippen molar-refractivity contribution < 1.29 is 19.2 Å². The van der Waals surface area contributed by atoms with Gasteiger partial charge < -0.3 is 15.5 Å². The van der Waals surface area contributed by atoms with Gasteiger partial charge >= 0.3 is 6.03 Å². The monoisotopic (exact) mass is 460 g/mol. The van der Waals surface area contributed by atoms with E-state index in [0.29, 0.717) is 23.6 Å². The summed E-state index contributed by atoms with van der Waals surface area (Å²) >= 11 is 0. The van der Waals surface area contributed by atoms with Crippen LogP contribution in [0.3, 0.4) is 0 Å². The summed E-state index contributed by atoms with van der Waals surface area (Å²) in [5.74, 6) is -0.311. The average Bonchev–Trinajstić information content (AvgIpc) is 3.58. The number of anilines is 1. The van der Waals surface area contributed by atoms with Crippen LogP contribution < -0.4 is 16.0 Å². The number of rotatable bonds is 5. The second-order valence-electron chi connectivity index (χ2n) is 9.87. The summed E-state index contributed by atoms with van der Waals surface area (Å²) in [4.78, 5) is 50.7. The zero-order valence-electron chi connectivity index (χ0n) is 19.3. The molecule has 34 heavy (non-hydrogen) atoms. The number of amides is 5. The fraction of sp³-hybridized carbons (Fsp3) is 0.385.